The molecule has 3 aromatic carbocycles. The number of rotatable bonds is 9. The maximum Gasteiger partial charge on any atom is 0.410 e. The Morgan fingerprint density at radius 2 is 0.955 bits per heavy atom. The summed E-state index contributed by atoms with van der Waals surface area (Å²) < 4.78 is 12.2. The standard InChI is InChI=1S/C18H15Br2P.C17H26BrN3O2.C17H27N3O3/c19-21(20,16-10-4-1-5-11-16,17-12-6-2-7-13-17)18-14-8-3-9-15-18;1-12(2)21-15(6-8-19-21)14-11-20(9-7-13(14)10-18)16(22)23-17(3,4)5;1-12(2)20-15(6-8-18-20)14-10-19(9-7-13(14)11-21)16(22)23-17(3,4)5/h1-15H;6,8,12H,7,9-11H2,1-5H3;6,8,12,21H,7,9-11H2,1-5H3. The molecule has 0 radical (unpaired) electrons. The molecule has 0 spiro atoms. The first kappa shape index (κ1) is 53.9. The Labute approximate surface area is 422 Å². The summed E-state index contributed by atoms with van der Waals surface area (Å²) in [6.45, 7) is 21.8. The Kier molecular flexibility index (Phi) is 18.5. The zero-order valence-electron chi connectivity index (χ0n) is 40.6. The number of benzene rings is 3. The summed E-state index contributed by atoms with van der Waals surface area (Å²) in [5.74, 6) is 0. The number of carbonyl (C=O) groups is 2. The average molecular weight is 1130 g/mol. The molecule has 2 aliphatic heterocycles. The van der Waals surface area contributed by atoms with E-state index in [0.717, 1.165) is 34.3 Å². The molecule has 11 nitrogen and oxygen atoms in total. The molecule has 2 aliphatic rings. The van der Waals surface area contributed by atoms with Gasteiger partial charge in [0.25, 0.3) is 0 Å². The van der Waals surface area contributed by atoms with Gasteiger partial charge < -0.3 is 24.4 Å². The predicted molar refractivity (Wildman–Crippen MR) is 288 cm³/mol. The summed E-state index contributed by atoms with van der Waals surface area (Å²) in [4.78, 5) is 28.2. The van der Waals surface area contributed by atoms with Crippen molar-refractivity contribution in [3.8, 4) is 0 Å². The van der Waals surface area contributed by atoms with Gasteiger partial charge in [0.2, 0.25) is 0 Å². The smallest absolute Gasteiger partial charge is 0.410 e. The molecule has 7 rings (SSSR count). The van der Waals surface area contributed by atoms with E-state index in [1.54, 1.807) is 16.0 Å². The number of aliphatic hydroxyl groups excluding tert-OH is 1. The summed E-state index contributed by atoms with van der Waals surface area (Å²) in [5, 5.41) is 23.1. The monoisotopic (exact) mass is 1120 g/mol. The van der Waals surface area contributed by atoms with Crippen LogP contribution >= 0.6 is 50.9 Å². The number of aromatic nitrogens is 4. The van der Waals surface area contributed by atoms with E-state index in [9.17, 15) is 14.7 Å². The van der Waals surface area contributed by atoms with Crippen LogP contribution in [0.1, 0.15) is 106 Å². The van der Waals surface area contributed by atoms with Gasteiger partial charge in [-0.15, -0.1) is 0 Å². The van der Waals surface area contributed by atoms with Gasteiger partial charge >= 0.3 is 154 Å². The van der Waals surface area contributed by atoms with Crippen LogP contribution in [0, 0.1) is 0 Å². The van der Waals surface area contributed by atoms with Crippen LogP contribution in [0.15, 0.2) is 127 Å². The third-order valence-electron chi connectivity index (χ3n) is 11.1. The number of ether oxygens (including phenoxy) is 2. The molecule has 0 saturated heterocycles. The quantitative estimate of drug-likeness (QED) is 0.115. The van der Waals surface area contributed by atoms with Gasteiger partial charge in [-0.2, -0.15) is 10.2 Å². The first-order chi connectivity index (χ1) is 31.6. The molecular weight excluding hydrogens is 1060 g/mol. The van der Waals surface area contributed by atoms with Crippen LogP contribution in [-0.4, -0.2) is 96.0 Å². The van der Waals surface area contributed by atoms with Crippen molar-refractivity contribution in [3.05, 3.63) is 138 Å². The average Bonchev–Trinajstić information content (AvgIpc) is 4.01. The molecule has 5 aromatic rings. The molecule has 0 atom stereocenters. The molecule has 2 aromatic heterocycles. The van der Waals surface area contributed by atoms with Crippen molar-refractivity contribution in [1.82, 2.24) is 29.4 Å². The van der Waals surface area contributed by atoms with Gasteiger partial charge in [-0.05, 0) is 111 Å². The first-order valence-corrected chi connectivity index (χ1v) is 30.2. The van der Waals surface area contributed by atoms with Crippen LogP contribution in [0.4, 0.5) is 9.59 Å². The van der Waals surface area contributed by atoms with Crippen LogP contribution in [0.25, 0.3) is 11.1 Å². The van der Waals surface area contributed by atoms with Gasteiger partial charge in [0.05, 0.1) is 31.1 Å². The minimum atomic E-state index is -2.75. The second-order valence-electron chi connectivity index (χ2n) is 19.2. The zero-order valence-corrected chi connectivity index (χ0v) is 46.3. The number of carbonyl (C=O) groups excluding carboxylic acids is 2. The fraction of sp³-hybridized carbons (Fsp3) is 0.423. The van der Waals surface area contributed by atoms with Crippen molar-refractivity contribution in [3.63, 3.8) is 0 Å². The van der Waals surface area contributed by atoms with Crippen molar-refractivity contribution < 1.29 is 24.2 Å². The van der Waals surface area contributed by atoms with Gasteiger partial charge in [0.15, 0.2) is 0 Å². The molecule has 0 unspecified atom stereocenters. The Morgan fingerprint density at radius 3 is 1.27 bits per heavy atom. The van der Waals surface area contributed by atoms with Gasteiger partial charge in [-0.1, -0.05) is 21.5 Å². The number of halogens is 3. The molecule has 15 heteroatoms. The van der Waals surface area contributed by atoms with E-state index < -0.39 is 15.2 Å². The second kappa shape index (κ2) is 23.0. The molecule has 0 aliphatic carbocycles. The molecule has 362 valence electrons. The van der Waals surface area contributed by atoms with E-state index in [-0.39, 0.29) is 30.9 Å². The fourth-order valence-electron chi connectivity index (χ4n) is 7.86. The maximum absolute atomic E-state index is 12.4. The summed E-state index contributed by atoms with van der Waals surface area (Å²) in [6.07, 6.45) is 4.50. The molecule has 0 saturated carbocycles. The summed E-state index contributed by atoms with van der Waals surface area (Å²) in [6, 6.07) is 36.2. The Hall–Kier alpha value is -4.07. The molecule has 2 amide bonds. The maximum atomic E-state index is 12.4. The number of aliphatic hydroxyl groups is 1. The number of alkyl halides is 1. The van der Waals surface area contributed by atoms with Crippen LogP contribution < -0.4 is 15.9 Å². The van der Waals surface area contributed by atoms with Gasteiger partial charge in [-0.3, -0.25) is 9.36 Å². The van der Waals surface area contributed by atoms with E-state index in [1.807, 2.05) is 69.2 Å². The molecular formula is C52H68Br3N6O5P. The summed E-state index contributed by atoms with van der Waals surface area (Å²) in [5.41, 5.74) is 5.48. The third-order valence-corrected chi connectivity index (χ3v) is 22.8. The van der Waals surface area contributed by atoms with Crippen molar-refractivity contribution in [1.29, 1.82) is 0 Å². The minimum Gasteiger partial charge on any atom is -0.444 e. The minimum absolute atomic E-state index is 0.000761. The van der Waals surface area contributed by atoms with Crippen molar-refractivity contribution in [2.24, 2.45) is 0 Å². The first-order valence-electron chi connectivity index (χ1n) is 22.8. The molecule has 0 bridgehead atoms. The number of nitrogens with zero attached hydrogens (tertiary/aromatic N) is 6. The Balaban J connectivity index is 0.000000188. The van der Waals surface area contributed by atoms with Crippen LogP contribution in [0.3, 0.4) is 0 Å². The van der Waals surface area contributed by atoms with Crippen molar-refractivity contribution in [2.45, 2.75) is 105 Å². The van der Waals surface area contributed by atoms with Crippen LogP contribution in [0.2, 0.25) is 0 Å². The fourth-order valence-corrected chi connectivity index (χ4v) is 15.7. The van der Waals surface area contributed by atoms with Gasteiger partial charge in [0, 0.05) is 42.9 Å². The van der Waals surface area contributed by atoms with E-state index in [2.05, 4.69) is 176 Å². The predicted octanol–water partition coefficient (Wildman–Crippen LogP) is 12.2. The molecule has 0 fully saturated rings. The topological polar surface area (TPSA) is 115 Å². The van der Waals surface area contributed by atoms with E-state index in [0.29, 0.717) is 32.6 Å². The molecule has 1 N–H and O–H groups in total. The second-order valence-corrected chi connectivity index (χ2v) is 34.5. The number of hydrogen-bond donors (Lipinski definition) is 1. The van der Waals surface area contributed by atoms with Crippen molar-refractivity contribution >= 4 is 90.2 Å². The largest absolute Gasteiger partial charge is 0.444 e. The molecule has 67 heavy (non-hydrogen) atoms. The van der Waals surface area contributed by atoms with E-state index in [1.165, 1.54) is 27.1 Å². The third kappa shape index (κ3) is 13.6. The summed E-state index contributed by atoms with van der Waals surface area (Å²) in [7, 11) is 0. The number of amides is 2. The van der Waals surface area contributed by atoms with Crippen molar-refractivity contribution in [2.75, 3.05) is 38.1 Å². The van der Waals surface area contributed by atoms with E-state index in [4.69, 9.17) is 9.47 Å². The molecule has 4 heterocycles. The number of hydrogen-bond acceptors (Lipinski definition) is 7. The Morgan fingerprint density at radius 1 is 0.612 bits per heavy atom. The van der Waals surface area contributed by atoms with Gasteiger partial charge in [0.1, 0.15) is 11.2 Å². The zero-order chi connectivity index (χ0) is 49.2. The van der Waals surface area contributed by atoms with Gasteiger partial charge in [-0.25, -0.2) is 9.59 Å². The summed E-state index contributed by atoms with van der Waals surface area (Å²) >= 11 is 11.9. The Bertz CT molecular complexity index is 2270. The van der Waals surface area contributed by atoms with E-state index >= 15 is 0 Å². The van der Waals surface area contributed by atoms with Crippen LogP contribution in [0.5, 0.6) is 0 Å². The SMILES string of the molecule is BrP(Br)(c1ccccc1)(c1ccccc1)c1ccccc1.CC(C)n1nccc1C1=C(CBr)CCN(C(=O)OC(C)(C)C)C1.CC(C)n1nccc1C1=C(CO)CCN(C(=O)OC(C)(C)C)C1. The van der Waals surface area contributed by atoms with Crippen LogP contribution in [-0.2, 0) is 9.47 Å². The normalized spacial score (nSPS) is 15.3.